The molecule has 2 aliphatic heterocycles. The number of nitrogens with zero attached hydrogens (tertiary/aromatic N) is 1. The maximum atomic E-state index is 13.5. The van der Waals surface area contributed by atoms with Crippen LogP contribution in [0.5, 0.6) is 5.75 Å². The van der Waals surface area contributed by atoms with Crippen molar-refractivity contribution in [2.45, 2.75) is 23.7 Å². The number of carbonyl (C=O) groups excluding carboxylic acids is 1. The summed E-state index contributed by atoms with van der Waals surface area (Å²) in [6, 6.07) is 9.03. The molecule has 6 nitrogen and oxygen atoms in total. The highest BCUT2D eigenvalue weighted by Gasteiger charge is 2.53. The molecule has 1 atom stereocenters. The minimum Gasteiger partial charge on any atom is -0.497 e. The molecule has 2 heterocycles. The van der Waals surface area contributed by atoms with Gasteiger partial charge in [-0.15, -0.1) is 0 Å². The van der Waals surface area contributed by atoms with Gasteiger partial charge in [0.25, 0.3) is 0 Å². The van der Waals surface area contributed by atoms with Gasteiger partial charge in [-0.3, -0.25) is 4.79 Å². The van der Waals surface area contributed by atoms with E-state index in [1.807, 2.05) is 0 Å². The second-order valence-corrected chi connectivity index (χ2v) is 8.89. The lowest BCUT2D eigenvalue weighted by molar-refractivity contribution is -0.120. The molecule has 0 unspecified atom stereocenters. The highest BCUT2D eigenvalue weighted by Crippen LogP contribution is 2.46. The van der Waals surface area contributed by atoms with E-state index in [2.05, 4.69) is 5.32 Å². The maximum absolute atomic E-state index is 13.5. The average Bonchev–Trinajstić information content (AvgIpc) is 3.21. The Kier molecular flexibility index (Phi) is 4.01. The molecule has 1 saturated heterocycles. The quantitative estimate of drug-likeness (QED) is 0.873. The zero-order valence-electron chi connectivity index (χ0n) is 15.0. The third kappa shape index (κ3) is 2.62. The van der Waals surface area contributed by atoms with E-state index in [1.54, 1.807) is 25.3 Å². The minimum atomic E-state index is -3.83. The van der Waals surface area contributed by atoms with Crippen molar-refractivity contribution in [3.8, 4) is 5.75 Å². The number of ether oxygens (including phenoxy) is 1. The second kappa shape index (κ2) is 6.03. The van der Waals surface area contributed by atoms with Gasteiger partial charge in [-0.1, -0.05) is 0 Å². The molecular weight excluding hydrogens is 371 g/mol. The first-order valence-corrected chi connectivity index (χ1v) is 9.98. The van der Waals surface area contributed by atoms with Crippen molar-refractivity contribution in [1.82, 2.24) is 4.31 Å². The van der Waals surface area contributed by atoms with Crippen molar-refractivity contribution in [1.29, 1.82) is 0 Å². The van der Waals surface area contributed by atoms with Crippen molar-refractivity contribution >= 4 is 21.6 Å². The summed E-state index contributed by atoms with van der Waals surface area (Å²) < 4.78 is 46.1. The van der Waals surface area contributed by atoms with Crippen LogP contribution >= 0.6 is 0 Å². The molecule has 0 aliphatic carbocycles. The number of hydrogen-bond donors (Lipinski definition) is 1. The Hall–Kier alpha value is -2.45. The predicted molar refractivity (Wildman–Crippen MR) is 97.8 cm³/mol. The van der Waals surface area contributed by atoms with Crippen LogP contribution in [0.2, 0.25) is 0 Å². The van der Waals surface area contributed by atoms with Crippen LogP contribution in [0.25, 0.3) is 0 Å². The molecule has 0 bridgehead atoms. The molecule has 1 fully saturated rings. The van der Waals surface area contributed by atoms with Crippen LogP contribution in [0, 0.1) is 12.7 Å². The predicted octanol–water partition coefficient (Wildman–Crippen LogP) is 2.43. The molecule has 1 N–H and O–H groups in total. The van der Waals surface area contributed by atoms with Crippen molar-refractivity contribution < 1.29 is 22.3 Å². The Balaban J connectivity index is 1.71. The van der Waals surface area contributed by atoms with E-state index >= 15 is 0 Å². The van der Waals surface area contributed by atoms with Crippen LogP contribution in [-0.2, 0) is 20.2 Å². The molecule has 2 aromatic carbocycles. The summed E-state index contributed by atoms with van der Waals surface area (Å²) in [5, 5.41) is 2.84. The number of amides is 1. The summed E-state index contributed by atoms with van der Waals surface area (Å²) in [6.45, 7) is 1.77. The number of benzene rings is 2. The van der Waals surface area contributed by atoms with Gasteiger partial charge in [0.2, 0.25) is 15.9 Å². The molecule has 0 saturated carbocycles. The van der Waals surface area contributed by atoms with E-state index in [-0.39, 0.29) is 29.5 Å². The lowest BCUT2D eigenvalue weighted by Gasteiger charge is -2.23. The first kappa shape index (κ1) is 17.9. The number of methoxy groups -OCH3 is 1. The van der Waals surface area contributed by atoms with Crippen LogP contribution in [0.15, 0.2) is 41.3 Å². The summed E-state index contributed by atoms with van der Waals surface area (Å²) in [7, 11) is -2.29. The summed E-state index contributed by atoms with van der Waals surface area (Å²) >= 11 is 0. The van der Waals surface area contributed by atoms with Gasteiger partial charge in [0.1, 0.15) is 11.6 Å². The molecule has 2 aromatic rings. The Morgan fingerprint density at radius 2 is 2.00 bits per heavy atom. The molecule has 142 valence electrons. The Morgan fingerprint density at radius 1 is 1.22 bits per heavy atom. The topological polar surface area (TPSA) is 75.7 Å². The molecule has 0 aromatic heterocycles. The zero-order valence-corrected chi connectivity index (χ0v) is 15.8. The number of halogens is 1. The van der Waals surface area contributed by atoms with E-state index in [4.69, 9.17) is 4.74 Å². The summed E-state index contributed by atoms with van der Waals surface area (Å²) in [5.74, 6) is -0.0538. The van der Waals surface area contributed by atoms with Crippen LogP contribution in [0.3, 0.4) is 0 Å². The van der Waals surface area contributed by atoms with Crippen LogP contribution < -0.4 is 10.1 Å². The number of fused-ring (bicyclic) bond motifs is 2. The van der Waals surface area contributed by atoms with Crippen LogP contribution in [0.1, 0.15) is 17.5 Å². The number of aryl methyl sites for hydroxylation is 1. The average molecular weight is 390 g/mol. The maximum Gasteiger partial charge on any atom is 0.243 e. The number of nitrogens with one attached hydrogen (secondary N) is 1. The van der Waals surface area contributed by atoms with Gasteiger partial charge in [-0.2, -0.15) is 4.31 Å². The monoisotopic (exact) mass is 390 g/mol. The van der Waals surface area contributed by atoms with Crippen molar-refractivity contribution in [2.75, 3.05) is 25.5 Å². The van der Waals surface area contributed by atoms with Crippen molar-refractivity contribution in [3.63, 3.8) is 0 Å². The van der Waals surface area contributed by atoms with E-state index in [0.29, 0.717) is 17.9 Å². The molecule has 1 amide bonds. The van der Waals surface area contributed by atoms with Crippen LogP contribution in [0.4, 0.5) is 10.1 Å². The standard InChI is InChI=1S/C19H19FN2O4S/c1-12-9-14(4-5-16(12)20)27(24,25)22-8-7-19(11-22)15-10-13(26-2)3-6-17(15)21-18(19)23/h3-6,9-10H,7-8,11H2,1-2H3,(H,21,23)/t19-/m1/s1. The third-order valence-corrected chi connectivity index (χ3v) is 7.27. The third-order valence-electron chi connectivity index (χ3n) is 5.43. The highest BCUT2D eigenvalue weighted by atomic mass is 32.2. The van der Waals surface area contributed by atoms with Crippen molar-refractivity contribution in [3.05, 3.63) is 53.3 Å². The largest absolute Gasteiger partial charge is 0.497 e. The lowest BCUT2D eigenvalue weighted by Crippen LogP contribution is -2.39. The first-order valence-electron chi connectivity index (χ1n) is 8.54. The smallest absolute Gasteiger partial charge is 0.243 e. The number of carbonyl (C=O) groups is 1. The fourth-order valence-electron chi connectivity index (χ4n) is 3.83. The van der Waals surface area contributed by atoms with E-state index in [0.717, 1.165) is 11.6 Å². The molecule has 1 spiro atoms. The summed E-state index contributed by atoms with van der Waals surface area (Å²) in [4.78, 5) is 12.8. The van der Waals surface area contributed by atoms with E-state index < -0.39 is 21.3 Å². The van der Waals surface area contributed by atoms with Crippen LogP contribution in [-0.4, -0.2) is 38.8 Å². The number of sulfonamides is 1. The molecule has 4 rings (SSSR count). The van der Waals surface area contributed by atoms with Gasteiger partial charge in [0.05, 0.1) is 17.4 Å². The molecule has 27 heavy (non-hydrogen) atoms. The number of hydrogen-bond acceptors (Lipinski definition) is 4. The zero-order chi connectivity index (χ0) is 19.4. The number of anilines is 1. The van der Waals surface area contributed by atoms with Gasteiger partial charge in [0, 0.05) is 18.8 Å². The molecule has 0 radical (unpaired) electrons. The second-order valence-electron chi connectivity index (χ2n) is 6.95. The Morgan fingerprint density at radius 3 is 2.70 bits per heavy atom. The Bertz CT molecular complexity index is 1050. The normalized spacial score (nSPS) is 22.1. The van der Waals surface area contributed by atoms with Gasteiger partial charge in [-0.25, -0.2) is 12.8 Å². The number of rotatable bonds is 3. The summed E-state index contributed by atoms with van der Waals surface area (Å²) in [6.07, 6.45) is 0.373. The van der Waals surface area contributed by atoms with E-state index in [1.165, 1.54) is 23.4 Å². The van der Waals surface area contributed by atoms with Gasteiger partial charge < -0.3 is 10.1 Å². The lowest BCUT2D eigenvalue weighted by atomic mass is 9.81. The summed E-state index contributed by atoms with van der Waals surface area (Å²) in [5.41, 5.74) is 0.752. The molecule has 2 aliphatic rings. The SMILES string of the molecule is COc1ccc2c(c1)[C@]1(CCN(S(=O)(=O)c3ccc(F)c(C)c3)C1)C(=O)N2. The first-order chi connectivity index (χ1) is 12.8. The van der Waals surface area contributed by atoms with Crippen molar-refractivity contribution in [2.24, 2.45) is 0 Å². The Labute approximate surface area is 157 Å². The fourth-order valence-corrected chi connectivity index (χ4v) is 5.42. The van der Waals surface area contributed by atoms with E-state index in [9.17, 15) is 17.6 Å². The highest BCUT2D eigenvalue weighted by molar-refractivity contribution is 7.89. The van der Waals surface area contributed by atoms with Gasteiger partial charge in [-0.05, 0) is 60.9 Å². The fraction of sp³-hybridized carbons (Fsp3) is 0.316. The van der Waals surface area contributed by atoms with Gasteiger partial charge in [0.15, 0.2) is 0 Å². The molecule has 8 heteroatoms. The minimum absolute atomic E-state index is 0.0303. The molecular formula is C19H19FN2O4S. The van der Waals surface area contributed by atoms with Gasteiger partial charge >= 0.3 is 0 Å².